The molecule has 12 heteroatoms. The van der Waals surface area contributed by atoms with E-state index in [0.717, 1.165) is 66.3 Å². The fraction of sp³-hybridized carbons (Fsp3) is 0.414. The van der Waals surface area contributed by atoms with Gasteiger partial charge in [0, 0.05) is 31.6 Å². The standard InChI is InChI=1S/C29H36N5O5PS/c1-3-4-8-26-33-27-28(34(26)18-22-10-12-25(20(2)16-22)39-40(35,36)37)23-17-21(9-11-24(23)32-29(27)30)7-5-14-38-15-6-13-31-19-41/h9-12,16-17H,3-8,13-15,18H2,1-2H3,(H2,30,32)(H2,35,36,37). The molecule has 41 heavy (non-hydrogen) atoms. The predicted octanol–water partition coefficient (Wildman–Crippen LogP) is 5.78. The minimum Gasteiger partial charge on any atom is -0.404 e. The molecule has 0 aliphatic rings. The van der Waals surface area contributed by atoms with Crippen LogP contribution in [0.15, 0.2) is 41.4 Å². The quantitative estimate of drug-likeness (QED) is 0.0672. The number of imidazole rings is 1. The van der Waals surface area contributed by atoms with Gasteiger partial charge in [0.15, 0.2) is 5.82 Å². The number of pyridine rings is 1. The lowest BCUT2D eigenvalue weighted by atomic mass is 10.1. The topological polar surface area (TPSA) is 145 Å². The molecule has 0 fully saturated rings. The van der Waals surface area contributed by atoms with Gasteiger partial charge in [-0.1, -0.05) is 31.5 Å². The Labute approximate surface area is 244 Å². The number of hydrogen-bond acceptors (Lipinski definition) is 8. The summed E-state index contributed by atoms with van der Waals surface area (Å²) in [6.45, 7) is 6.36. The summed E-state index contributed by atoms with van der Waals surface area (Å²) in [5.41, 5.74) is 11.6. The van der Waals surface area contributed by atoms with E-state index in [1.807, 2.05) is 18.2 Å². The van der Waals surface area contributed by atoms with Crippen LogP contribution < -0.4 is 10.3 Å². The molecule has 0 saturated heterocycles. The zero-order chi connectivity index (χ0) is 29.4. The van der Waals surface area contributed by atoms with Gasteiger partial charge in [-0.3, -0.25) is 9.79 Å². The van der Waals surface area contributed by atoms with Gasteiger partial charge in [0.1, 0.15) is 17.1 Å². The number of nitrogens with zero attached hydrogens (tertiary/aromatic N) is 4. The van der Waals surface area contributed by atoms with Gasteiger partial charge in [-0.05, 0) is 79.7 Å². The number of nitrogen functional groups attached to an aromatic ring is 1. The summed E-state index contributed by atoms with van der Waals surface area (Å²) >= 11 is 4.58. The van der Waals surface area contributed by atoms with E-state index in [1.54, 1.807) is 13.0 Å². The van der Waals surface area contributed by atoms with Crippen molar-refractivity contribution in [3.63, 3.8) is 0 Å². The number of aromatic nitrogens is 3. The fourth-order valence-electron chi connectivity index (χ4n) is 4.85. The van der Waals surface area contributed by atoms with Crippen molar-refractivity contribution in [3.8, 4) is 5.75 Å². The molecule has 0 aliphatic carbocycles. The molecular formula is C29H36N5O5PS. The van der Waals surface area contributed by atoms with Crippen LogP contribution in [0.25, 0.3) is 21.9 Å². The van der Waals surface area contributed by atoms with Gasteiger partial charge in [-0.25, -0.2) is 19.5 Å². The van der Waals surface area contributed by atoms with Crippen LogP contribution in [0.2, 0.25) is 0 Å². The van der Waals surface area contributed by atoms with Crippen molar-refractivity contribution in [2.24, 2.45) is 4.99 Å². The van der Waals surface area contributed by atoms with E-state index in [2.05, 4.69) is 51.0 Å². The summed E-state index contributed by atoms with van der Waals surface area (Å²) in [7, 11) is -4.65. The molecule has 10 nitrogen and oxygen atoms in total. The number of isothiocyanates is 1. The van der Waals surface area contributed by atoms with Crippen molar-refractivity contribution in [2.45, 2.75) is 58.9 Å². The number of rotatable bonds is 15. The first-order chi connectivity index (χ1) is 19.7. The number of phosphoric ester groups is 1. The number of anilines is 1. The molecule has 2 aromatic heterocycles. The zero-order valence-corrected chi connectivity index (χ0v) is 25.1. The Morgan fingerprint density at radius 3 is 2.59 bits per heavy atom. The highest BCUT2D eigenvalue weighted by molar-refractivity contribution is 7.78. The van der Waals surface area contributed by atoms with E-state index >= 15 is 0 Å². The van der Waals surface area contributed by atoms with Crippen molar-refractivity contribution in [1.82, 2.24) is 14.5 Å². The van der Waals surface area contributed by atoms with E-state index in [1.165, 1.54) is 5.56 Å². The van der Waals surface area contributed by atoms with Crippen LogP contribution in [0.1, 0.15) is 55.1 Å². The normalized spacial score (nSPS) is 11.7. The third kappa shape index (κ3) is 8.20. The first-order valence-corrected chi connectivity index (χ1v) is 15.7. The molecule has 0 saturated carbocycles. The summed E-state index contributed by atoms with van der Waals surface area (Å²) in [5.74, 6) is 1.47. The molecule has 2 aromatic carbocycles. The minimum absolute atomic E-state index is 0.153. The Hall–Kier alpha value is -3.17. The Morgan fingerprint density at radius 2 is 1.85 bits per heavy atom. The molecule has 0 spiro atoms. The van der Waals surface area contributed by atoms with Gasteiger partial charge in [0.05, 0.1) is 22.7 Å². The average Bonchev–Trinajstić information content (AvgIpc) is 3.29. The highest BCUT2D eigenvalue weighted by Gasteiger charge is 2.20. The molecule has 0 atom stereocenters. The Morgan fingerprint density at radius 1 is 1.07 bits per heavy atom. The molecule has 0 aliphatic heterocycles. The number of hydrogen-bond donors (Lipinski definition) is 3. The summed E-state index contributed by atoms with van der Waals surface area (Å²) in [4.78, 5) is 31.9. The van der Waals surface area contributed by atoms with Gasteiger partial charge in [0.25, 0.3) is 0 Å². The van der Waals surface area contributed by atoms with E-state index in [4.69, 9.17) is 20.0 Å². The maximum absolute atomic E-state index is 11.3. The zero-order valence-electron chi connectivity index (χ0n) is 23.4. The number of unbranched alkanes of at least 4 members (excludes halogenated alkanes) is 1. The molecule has 4 N–H and O–H groups in total. The number of nitrogens with two attached hydrogens (primary N) is 1. The monoisotopic (exact) mass is 597 g/mol. The molecule has 4 aromatic rings. The predicted molar refractivity (Wildman–Crippen MR) is 165 cm³/mol. The number of benzene rings is 2. The molecule has 4 rings (SSSR count). The van der Waals surface area contributed by atoms with E-state index in [9.17, 15) is 14.4 Å². The maximum atomic E-state index is 11.3. The highest BCUT2D eigenvalue weighted by atomic mass is 32.1. The Bertz CT molecular complexity index is 1610. The van der Waals surface area contributed by atoms with Gasteiger partial charge in [0.2, 0.25) is 0 Å². The summed E-state index contributed by atoms with van der Waals surface area (Å²) in [6.07, 6.45) is 5.36. The van der Waals surface area contributed by atoms with Gasteiger partial charge < -0.3 is 19.6 Å². The Balaban J connectivity index is 1.66. The number of aryl methyl sites for hydroxylation is 3. The van der Waals surface area contributed by atoms with Crippen LogP contribution >= 0.6 is 20.0 Å². The first kappa shape index (κ1) is 30.8. The van der Waals surface area contributed by atoms with Crippen LogP contribution in [0.4, 0.5) is 5.82 Å². The van der Waals surface area contributed by atoms with Gasteiger partial charge >= 0.3 is 7.82 Å². The lowest BCUT2D eigenvalue weighted by Gasteiger charge is -2.14. The van der Waals surface area contributed by atoms with Gasteiger partial charge in [-0.15, -0.1) is 0 Å². The van der Waals surface area contributed by atoms with E-state index < -0.39 is 7.82 Å². The number of thiocarbonyl (C=S) groups is 1. The second-order valence-electron chi connectivity index (χ2n) is 9.99. The summed E-state index contributed by atoms with van der Waals surface area (Å²) in [6, 6.07) is 11.5. The second kappa shape index (κ2) is 14.1. The second-order valence-corrected chi connectivity index (χ2v) is 11.3. The third-order valence-corrected chi connectivity index (χ3v) is 7.34. The third-order valence-electron chi connectivity index (χ3n) is 6.77. The molecule has 0 amide bonds. The number of fused-ring (bicyclic) bond motifs is 3. The van der Waals surface area contributed by atoms with Crippen LogP contribution in [-0.2, 0) is 28.7 Å². The smallest absolute Gasteiger partial charge is 0.404 e. The maximum Gasteiger partial charge on any atom is 0.524 e. The van der Waals surface area contributed by atoms with Crippen molar-refractivity contribution in [1.29, 1.82) is 0 Å². The van der Waals surface area contributed by atoms with Crippen molar-refractivity contribution in [2.75, 3.05) is 25.5 Å². The lowest BCUT2D eigenvalue weighted by molar-refractivity contribution is 0.131. The molecule has 2 heterocycles. The number of aliphatic imine (C=N–C) groups is 1. The molecule has 0 radical (unpaired) electrons. The van der Waals surface area contributed by atoms with E-state index in [-0.39, 0.29) is 5.75 Å². The lowest BCUT2D eigenvalue weighted by Crippen LogP contribution is -2.07. The minimum atomic E-state index is -4.65. The van der Waals surface area contributed by atoms with Gasteiger partial charge in [-0.2, -0.15) is 0 Å². The van der Waals surface area contributed by atoms with Crippen molar-refractivity contribution < 1.29 is 23.6 Å². The number of ether oxygens (including phenoxy) is 1. The molecular weight excluding hydrogens is 561 g/mol. The van der Waals surface area contributed by atoms with Crippen LogP contribution in [-0.4, -0.2) is 49.2 Å². The van der Waals surface area contributed by atoms with Crippen molar-refractivity contribution >= 4 is 53.0 Å². The SMILES string of the molecule is CCCCc1nc2c(N)nc3ccc(CCCOCCCN=C=S)cc3c2n1Cc1ccc(OP(=O)(O)O)c(C)c1. The fourth-order valence-corrected chi connectivity index (χ4v) is 5.40. The summed E-state index contributed by atoms with van der Waals surface area (Å²) < 4.78 is 24.1. The summed E-state index contributed by atoms with van der Waals surface area (Å²) in [5, 5.41) is 3.35. The molecule has 218 valence electrons. The van der Waals surface area contributed by atoms with E-state index in [0.29, 0.717) is 43.2 Å². The molecule has 0 bridgehead atoms. The highest BCUT2D eigenvalue weighted by Crippen LogP contribution is 2.39. The first-order valence-electron chi connectivity index (χ1n) is 13.7. The van der Waals surface area contributed by atoms with Crippen LogP contribution in [0, 0.1) is 6.92 Å². The number of phosphoric acid groups is 1. The van der Waals surface area contributed by atoms with Crippen molar-refractivity contribution in [3.05, 3.63) is 58.9 Å². The molecule has 0 unspecified atom stereocenters. The van der Waals surface area contributed by atoms with Crippen LogP contribution in [0.3, 0.4) is 0 Å². The average molecular weight is 598 g/mol. The van der Waals surface area contributed by atoms with Crippen LogP contribution in [0.5, 0.6) is 5.75 Å². The largest absolute Gasteiger partial charge is 0.524 e. The Kier molecular flexibility index (Phi) is 10.6.